The van der Waals surface area contributed by atoms with Crippen LogP contribution in [0.15, 0.2) is 42.6 Å². The lowest BCUT2D eigenvalue weighted by Gasteiger charge is -2.13. The molecular formula is C19H12F6N4O2. The molecule has 1 aliphatic rings. The molecule has 0 radical (unpaired) electrons. The normalized spacial score (nSPS) is 14.4. The van der Waals surface area contributed by atoms with Crippen LogP contribution in [0.25, 0.3) is 0 Å². The van der Waals surface area contributed by atoms with Crippen LogP contribution in [0, 0.1) is 12.7 Å². The van der Waals surface area contributed by atoms with Gasteiger partial charge in [0.25, 0.3) is 0 Å². The van der Waals surface area contributed by atoms with E-state index in [2.05, 4.69) is 30.1 Å². The lowest BCUT2D eigenvalue weighted by molar-refractivity contribution is -0.286. The molecule has 0 atom stereocenters. The van der Waals surface area contributed by atoms with Crippen LogP contribution in [0.4, 0.5) is 49.5 Å². The van der Waals surface area contributed by atoms with E-state index in [1.807, 2.05) is 0 Å². The number of hydrogen-bond acceptors (Lipinski definition) is 6. The third-order valence-corrected chi connectivity index (χ3v) is 4.07. The minimum atomic E-state index is -4.55. The summed E-state index contributed by atoms with van der Waals surface area (Å²) in [7, 11) is 0. The van der Waals surface area contributed by atoms with Gasteiger partial charge in [0, 0.05) is 17.4 Å². The summed E-state index contributed by atoms with van der Waals surface area (Å²) in [6, 6.07) is 6.96. The van der Waals surface area contributed by atoms with E-state index in [-0.39, 0.29) is 34.6 Å². The second-order valence-electron chi connectivity index (χ2n) is 6.55. The molecule has 0 amide bonds. The molecule has 6 nitrogen and oxygen atoms in total. The first kappa shape index (κ1) is 20.6. The van der Waals surface area contributed by atoms with Crippen LogP contribution < -0.4 is 20.1 Å². The van der Waals surface area contributed by atoms with E-state index in [0.717, 1.165) is 24.4 Å². The van der Waals surface area contributed by atoms with E-state index in [0.29, 0.717) is 5.56 Å². The zero-order valence-electron chi connectivity index (χ0n) is 15.5. The standard InChI is InChI=1S/C19H12F6N4O2/c1-9-4-10(18(21,22)23)6-12(5-9)28-17-26-8-13(20)16(29-17)27-11-2-3-14-15(7-11)31-19(24,25)30-14/h2-8H,1H3,(H2,26,27,28,29). The Morgan fingerprint density at radius 1 is 0.935 bits per heavy atom. The summed E-state index contributed by atoms with van der Waals surface area (Å²) in [6.45, 7) is 1.49. The Kier molecular flexibility index (Phi) is 4.79. The number of alkyl halides is 5. The van der Waals surface area contributed by atoms with Gasteiger partial charge in [0.1, 0.15) is 0 Å². The highest BCUT2D eigenvalue weighted by atomic mass is 19.4. The predicted molar refractivity (Wildman–Crippen MR) is 97.4 cm³/mol. The molecule has 0 saturated carbocycles. The zero-order valence-corrected chi connectivity index (χ0v) is 15.5. The minimum Gasteiger partial charge on any atom is -0.395 e. The van der Waals surface area contributed by atoms with Gasteiger partial charge in [-0.15, -0.1) is 8.78 Å². The molecule has 162 valence electrons. The van der Waals surface area contributed by atoms with Gasteiger partial charge < -0.3 is 20.1 Å². The van der Waals surface area contributed by atoms with Crippen molar-refractivity contribution in [3.05, 3.63) is 59.5 Å². The van der Waals surface area contributed by atoms with Gasteiger partial charge in [-0.1, -0.05) is 0 Å². The first-order valence-corrected chi connectivity index (χ1v) is 8.64. The quantitative estimate of drug-likeness (QED) is 0.502. The van der Waals surface area contributed by atoms with Crippen molar-refractivity contribution in [1.29, 1.82) is 0 Å². The fraction of sp³-hybridized carbons (Fsp3) is 0.158. The Hall–Kier alpha value is -3.70. The molecule has 12 heteroatoms. The fourth-order valence-electron chi connectivity index (χ4n) is 2.83. The zero-order chi connectivity index (χ0) is 22.4. The Balaban J connectivity index is 1.57. The van der Waals surface area contributed by atoms with Crippen molar-refractivity contribution in [2.24, 2.45) is 0 Å². The first-order valence-electron chi connectivity index (χ1n) is 8.64. The second-order valence-corrected chi connectivity index (χ2v) is 6.55. The van der Waals surface area contributed by atoms with Gasteiger partial charge in [0.05, 0.1) is 11.8 Å². The number of ether oxygens (including phenoxy) is 2. The molecule has 1 aromatic heterocycles. The molecule has 3 aromatic rings. The average molecular weight is 442 g/mol. The van der Waals surface area contributed by atoms with Crippen molar-refractivity contribution in [3.63, 3.8) is 0 Å². The number of fused-ring (bicyclic) bond motifs is 1. The summed E-state index contributed by atoms with van der Waals surface area (Å²) in [6.07, 6.45) is -7.55. The van der Waals surface area contributed by atoms with Gasteiger partial charge in [0.15, 0.2) is 23.1 Å². The van der Waals surface area contributed by atoms with Crippen molar-refractivity contribution in [2.75, 3.05) is 10.6 Å². The molecule has 0 unspecified atom stereocenters. The van der Waals surface area contributed by atoms with E-state index in [1.165, 1.54) is 25.1 Å². The number of benzene rings is 2. The van der Waals surface area contributed by atoms with Crippen LogP contribution in [-0.2, 0) is 6.18 Å². The highest BCUT2D eigenvalue weighted by Crippen LogP contribution is 2.42. The molecule has 0 bridgehead atoms. The van der Waals surface area contributed by atoms with E-state index in [9.17, 15) is 26.3 Å². The van der Waals surface area contributed by atoms with Gasteiger partial charge in [-0.05, 0) is 42.8 Å². The monoisotopic (exact) mass is 442 g/mol. The Morgan fingerprint density at radius 3 is 2.42 bits per heavy atom. The molecular weight excluding hydrogens is 430 g/mol. The van der Waals surface area contributed by atoms with Gasteiger partial charge in [0.2, 0.25) is 5.95 Å². The summed E-state index contributed by atoms with van der Waals surface area (Å²) < 4.78 is 88.0. The molecule has 0 saturated heterocycles. The summed E-state index contributed by atoms with van der Waals surface area (Å²) in [5.74, 6) is -1.86. The lowest BCUT2D eigenvalue weighted by atomic mass is 10.1. The number of aryl methyl sites for hydroxylation is 1. The Labute approximate surface area is 170 Å². The van der Waals surface area contributed by atoms with E-state index in [4.69, 9.17) is 0 Å². The molecule has 0 aliphatic carbocycles. The number of hydrogen-bond donors (Lipinski definition) is 2. The molecule has 4 rings (SSSR count). The lowest BCUT2D eigenvalue weighted by Crippen LogP contribution is -2.25. The summed E-state index contributed by atoms with van der Waals surface area (Å²) in [4.78, 5) is 7.61. The maximum Gasteiger partial charge on any atom is 0.586 e. The summed E-state index contributed by atoms with van der Waals surface area (Å²) in [5.41, 5.74) is -0.323. The van der Waals surface area contributed by atoms with Gasteiger partial charge in [-0.3, -0.25) is 0 Å². The number of nitrogens with one attached hydrogen (secondary N) is 2. The first-order chi connectivity index (χ1) is 14.5. The highest BCUT2D eigenvalue weighted by Gasteiger charge is 2.43. The fourth-order valence-corrected chi connectivity index (χ4v) is 2.83. The molecule has 2 aromatic carbocycles. The van der Waals surface area contributed by atoms with Gasteiger partial charge >= 0.3 is 12.5 Å². The molecule has 2 heterocycles. The third-order valence-electron chi connectivity index (χ3n) is 4.07. The summed E-state index contributed by atoms with van der Waals surface area (Å²) >= 11 is 0. The molecule has 0 fully saturated rings. The van der Waals surface area contributed by atoms with Crippen molar-refractivity contribution >= 4 is 23.1 Å². The van der Waals surface area contributed by atoms with Crippen LogP contribution in [0.1, 0.15) is 11.1 Å². The maximum absolute atomic E-state index is 14.1. The van der Waals surface area contributed by atoms with Crippen LogP contribution in [0.5, 0.6) is 11.5 Å². The van der Waals surface area contributed by atoms with Gasteiger partial charge in [-0.2, -0.15) is 18.2 Å². The third kappa shape index (κ3) is 4.57. The largest absolute Gasteiger partial charge is 0.586 e. The topological polar surface area (TPSA) is 68.3 Å². The SMILES string of the molecule is Cc1cc(Nc2ncc(F)c(Nc3ccc4c(c3)OC(F)(F)O4)n2)cc(C(F)(F)F)c1. The number of nitrogens with zero attached hydrogens (tertiary/aromatic N) is 2. The van der Waals surface area contributed by atoms with E-state index < -0.39 is 23.9 Å². The maximum atomic E-state index is 14.1. The second kappa shape index (κ2) is 7.22. The Bertz CT molecular complexity index is 1150. The molecule has 1 aliphatic heterocycles. The predicted octanol–water partition coefficient (Wildman–Crippen LogP) is 5.75. The minimum absolute atomic E-state index is 0.0511. The molecule has 2 N–H and O–H groups in total. The van der Waals surface area contributed by atoms with Gasteiger partial charge in [-0.25, -0.2) is 9.37 Å². The van der Waals surface area contributed by atoms with Crippen molar-refractivity contribution < 1.29 is 35.8 Å². The number of aromatic nitrogens is 2. The van der Waals surface area contributed by atoms with Crippen molar-refractivity contribution in [1.82, 2.24) is 9.97 Å². The van der Waals surface area contributed by atoms with Crippen LogP contribution in [0.3, 0.4) is 0 Å². The van der Waals surface area contributed by atoms with Crippen molar-refractivity contribution in [2.45, 2.75) is 19.4 Å². The highest BCUT2D eigenvalue weighted by molar-refractivity contribution is 5.64. The summed E-state index contributed by atoms with van der Waals surface area (Å²) in [5, 5.41) is 5.17. The van der Waals surface area contributed by atoms with E-state index in [1.54, 1.807) is 0 Å². The number of rotatable bonds is 4. The Morgan fingerprint density at radius 2 is 1.68 bits per heavy atom. The molecule has 0 spiro atoms. The van der Waals surface area contributed by atoms with Crippen LogP contribution >= 0.6 is 0 Å². The van der Waals surface area contributed by atoms with Crippen LogP contribution in [-0.4, -0.2) is 16.3 Å². The number of anilines is 4. The average Bonchev–Trinajstić information content (AvgIpc) is 2.96. The smallest absolute Gasteiger partial charge is 0.395 e. The van der Waals surface area contributed by atoms with Crippen LogP contribution in [0.2, 0.25) is 0 Å². The van der Waals surface area contributed by atoms with Crippen molar-refractivity contribution in [3.8, 4) is 11.5 Å². The molecule has 31 heavy (non-hydrogen) atoms. The number of halogens is 6. The van der Waals surface area contributed by atoms with E-state index >= 15 is 0 Å².